The molecule has 0 aliphatic heterocycles. The fourth-order valence-corrected chi connectivity index (χ4v) is 5.05. The second-order valence-corrected chi connectivity index (χ2v) is 10.7. The summed E-state index contributed by atoms with van der Waals surface area (Å²) in [5.41, 5.74) is 3.18. The van der Waals surface area contributed by atoms with Crippen molar-refractivity contribution in [1.82, 2.24) is 9.97 Å². The van der Waals surface area contributed by atoms with Gasteiger partial charge in [0.15, 0.2) is 5.78 Å². The Labute approximate surface area is 187 Å². The minimum atomic E-state index is 0.0863. The van der Waals surface area contributed by atoms with Gasteiger partial charge in [-0.2, -0.15) is 0 Å². The molecule has 2 aromatic carbocycles. The van der Waals surface area contributed by atoms with Crippen LogP contribution in [-0.2, 0) is 0 Å². The number of rotatable bonds is 2. The van der Waals surface area contributed by atoms with E-state index in [2.05, 4.69) is 87.7 Å². The molecular formula is C24H24Br2N2O. The van der Waals surface area contributed by atoms with Crippen molar-refractivity contribution in [2.24, 2.45) is 16.7 Å². The summed E-state index contributed by atoms with van der Waals surface area (Å²) in [6.45, 7) is 8.73. The minimum absolute atomic E-state index is 0.0863. The largest absolute Gasteiger partial charge is 0.361 e. The van der Waals surface area contributed by atoms with Gasteiger partial charge >= 0.3 is 0 Å². The van der Waals surface area contributed by atoms with Crippen molar-refractivity contribution in [1.29, 1.82) is 0 Å². The summed E-state index contributed by atoms with van der Waals surface area (Å²) in [5.74, 6) is 0.381. The van der Waals surface area contributed by atoms with E-state index in [4.69, 9.17) is 0 Å². The molecule has 2 N–H and O–H groups in total. The Morgan fingerprint density at radius 1 is 0.862 bits per heavy atom. The fourth-order valence-electron chi connectivity index (χ4n) is 4.33. The number of H-pyrrole nitrogens is 2. The number of carbonyl (C=O) groups is 1. The molecular weight excluding hydrogens is 492 g/mol. The summed E-state index contributed by atoms with van der Waals surface area (Å²) >= 11 is 6.85. The van der Waals surface area contributed by atoms with Crippen molar-refractivity contribution in [3.8, 4) is 0 Å². The standard InChI is InChI=1S/C16H18BrNO.C8H6BrN/c1-15(2)14(16(15,3)4)13(19)11-8-18-12-7-9(17)5-6-10(11)12;9-7-2-1-6-3-4-10-8(6)5-7/h5-8,14,18H,1-4H3;1-5,10H. The summed E-state index contributed by atoms with van der Waals surface area (Å²) in [7, 11) is 0. The summed E-state index contributed by atoms with van der Waals surface area (Å²) < 4.78 is 2.13. The predicted molar refractivity (Wildman–Crippen MR) is 127 cm³/mol. The molecule has 1 aliphatic carbocycles. The number of halogens is 2. The van der Waals surface area contributed by atoms with E-state index >= 15 is 0 Å². The Morgan fingerprint density at radius 2 is 1.48 bits per heavy atom. The van der Waals surface area contributed by atoms with Crippen molar-refractivity contribution < 1.29 is 4.79 Å². The number of aromatic amines is 2. The lowest BCUT2D eigenvalue weighted by molar-refractivity contribution is 0.0947. The number of ketones is 1. The number of hydrogen-bond donors (Lipinski definition) is 2. The van der Waals surface area contributed by atoms with Gasteiger partial charge in [-0.25, -0.2) is 0 Å². The number of hydrogen-bond acceptors (Lipinski definition) is 1. The zero-order chi connectivity index (χ0) is 21.0. The highest BCUT2D eigenvalue weighted by Crippen LogP contribution is 2.69. The lowest BCUT2D eigenvalue weighted by Gasteiger charge is -2.03. The molecule has 5 rings (SSSR count). The zero-order valence-corrected chi connectivity index (χ0v) is 20.1. The van der Waals surface area contributed by atoms with Crippen LogP contribution in [0, 0.1) is 16.7 Å². The van der Waals surface area contributed by atoms with Crippen molar-refractivity contribution >= 4 is 59.4 Å². The van der Waals surface area contributed by atoms with Crippen LogP contribution in [0.4, 0.5) is 0 Å². The van der Waals surface area contributed by atoms with Gasteiger partial charge in [-0.1, -0.05) is 71.7 Å². The van der Waals surface area contributed by atoms with Gasteiger partial charge in [0.1, 0.15) is 0 Å². The Morgan fingerprint density at radius 3 is 2.14 bits per heavy atom. The van der Waals surface area contributed by atoms with Gasteiger partial charge in [0.25, 0.3) is 0 Å². The maximum Gasteiger partial charge on any atom is 0.169 e. The topological polar surface area (TPSA) is 48.6 Å². The molecule has 150 valence electrons. The van der Waals surface area contributed by atoms with E-state index in [1.165, 1.54) is 10.9 Å². The Kier molecular flexibility index (Phi) is 5.02. The molecule has 0 unspecified atom stereocenters. The van der Waals surface area contributed by atoms with E-state index in [-0.39, 0.29) is 22.5 Å². The number of benzene rings is 2. The monoisotopic (exact) mass is 514 g/mol. The molecule has 3 nitrogen and oxygen atoms in total. The van der Waals surface area contributed by atoms with E-state index in [0.29, 0.717) is 0 Å². The van der Waals surface area contributed by atoms with Crippen LogP contribution in [0.25, 0.3) is 21.8 Å². The van der Waals surface area contributed by atoms with Gasteiger partial charge in [-0.3, -0.25) is 4.79 Å². The Bertz CT molecular complexity index is 1200. The van der Waals surface area contributed by atoms with Crippen LogP contribution in [-0.4, -0.2) is 15.8 Å². The van der Waals surface area contributed by atoms with Gasteiger partial charge in [-0.05, 0) is 46.5 Å². The van der Waals surface area contributed by atoms with Crippen LogP contribution in [0.5, 0.6) is 0 Å². The summed E-state index contributed by atoms with van der Waals surface area (Å²) in [6, 6.07) is 14.2. The smallest absolute Gasteiger partial charge is 0.169 e. The van der Waals surface area contributed by atoms with Crippen LogP contribution in [0.1, 0.15) is 38.1 Å². The van der Waals surface area contributed by atoms with Crippen LogP contribution in [0.3, 0.4) is 0 Å². The molecule has 2 aromatic heterocycles. The van der Waals surface area contributed by atoms with Gasteiger partial charge in [-0.15, -0.1) is 0 Å². The maximum absolute atomic E-state index is 12.8. The third-order valence-corrected chi connectivity index (χ3v) is 7.70. The highest BCUT2D eigenvalue weighted by atomic mass is 79.9. The first-order chi connectivity index (χ1) is 13.6. The SMILES string of the molecule is Brc1ccc2cc[nH]c2c1.CC1(C)C(C(=O)c2c[nH]c3cc(Br)ccc23)C1(C)C. The minimum Gasteiger partial charge on any atom is -0.361 e. The van der Waals surface area contributed by atoms with Crippen LogP contribution >= 0.6 is 31.9 Å². The maximum atomic E-state index is 12.8. The van der Waals surface area contributed by atoms with Crippen molar-refractivity contribution in [3.63, 3.8) is 0 Å². The molecule has 0 spiro atoms. The predicted octanol–water partition coefficient (Wildman–Crippen LogP) is 7.73. The number of carbonyl (C=O) groups excluding carboxylic acids is 1. The third kappa shape index (κ3) is 3.49. The van der Waals surface area contributed by atoms with E-state index in [0.717, 1.165) is 25.4 Å². The third-order valence-electron chi connectivity index (χ3n) is 6.71. The van der Waals surface area contributed by atoms with E-state index in [1.54, 1.807) is 0 Å². The Hall–Kier alpha value is -1.85. The number of nitrogens with one attached hydrogen (secondary N) is 2. The highest BCUT2D eigenvalue weighted by molar-refractivity contribution is 9.10. The number of fused-ring (bicyclic) bond motifs is 2. The quantitative estimate of drug-likeness (QED) is 0.263. The first-order valence-electron chi connectivity index (χ1n) is 9.66. The normalized spacial score (nSPS) is 17.2. The molecule has 1 aliphatic rings. The first-order valence-corrected chi connectivity index (χ1v) is 11.2. The van der Waals surface area contributed by atoms with Crippen LogP contribution < -0.4 is 0 Å². The summed E-state index contributed by atoms with van der Waals surface area (Å²) in [5, 5.41) is 2.27. The molecule has 29 heavy (non-hydrogen) atoms. The van der Waals surface area contributed by atoms with Crippen molar-refractivity contribution in [2.75, 3.05) is 0 Å². The molecule has 0 saturated heterocycles. The molecule has 2 heterocycles. The average Bonchev–Trinajstić information content (AvgIpc) is 3.09. The highest BCUT2D eigenvalue weighted by Gasteiger charge is 2.68. The van der Waals surface area contributed by atoms with Crippen LogP contribution in [0.2, 0.25) is 0 Å². The molecule has 0 amide bonds. The molecule has 1 saturated carbocycles. The Balaban J connectivity index is 0.000000171. The van der Waals surface area contributed by atoms with E-state index < -0.39 is 0 Å². The van der Waals surface area contributed by atoms with E-state index in [1.807, 2.05) is 36.7 Å². The second kappa shape index (κ2) is 7.13. The fraction of sp³-hybridized carbons (Fsp3) is 0.292. The van der Waals surface area contributed by atoms with Gasteiger partial charge < -0.3 is 9.97 Å². The van der Waals surface area contributed by atoms with E-state index in [9.17, 15) is 4.79 Å². The molecule has 0 atom stereocenters. The lowest BCUT2D eigenvalue weighted by atomic mass is 10.0. The first kappa shape index (κ1) is 20.4. The number of aromatic nitrogens is 2. The van der Waals surface area contributed by atoms with Gasteiger partial charge in [0.2, 0.25) is 0 Å². The number of Topliss-reactive ketones (excluding diaryl/α,β-unsaturated/α-hetero) is 1. The van der Waals surface area contributed by atoms with Crippen molar-refractivity contribution in [3.05, 3.63) is 69.4 Å². The summed E-state index contributed by atoms with van der Waals surface area (Å²) in [4.78, 5) is 19.1. The molecule has 4 aromatic rings. The van der Waals surface area contributed by atoms with Crippen molar-refractivity contribution in [2.45, 2.75) is 27.7 Å². The molecule has 5 heteroatoms. The molecule has 0 radical (unpaired) electrons. The average molecular weight is 516 g/mol. The molecule has 1 fully saturated rings. The second-order valence-electron chi connectivity index (χ2n) is 8.84. The zero-order valence-electron chi connectivity index (χ0n) is 16.9. The van der Waals surface area contributed by atoms with Gasteiger partial charge in [0.05, 0.1) is 0 Å². The van der Waals surface area contributed by atoms with Gasteiger partial charge in [0, 0.05) is 49.2 Å². The summed E-state index contributed by atoms with van der Waals surface area (Å²) in [6.07, 6.45) is 3.79. The van der Waals surface area contributed by atoms with Crippen LogP contribution in [0.15, 0.2) is 63.8 Å². The molecule has 0 bridgehead atoms. The lowest BCUT2D eigenvalue weighted by Crippen LogP contribution is -2.06.